The second kappa shape index (κ2) is 5.70. The van der Waals surface area contributed by atoms with E-state index < -0.39 is 17.8 Å². The van der Waals surface area contributed by atoms with E-state index in [1.165, 1.54) is 0 Å². The zero-order chi connectivity index (χ0) is 15.7. The molecule has 1 aromatic rings. The molecule has 1 N–H and O–H groups in total. The minimum absolute atomic E-state index is 0.226. The maximum atomic E-state index is 12.4. The normalized spacial score (nSPS) is 27.1. The SMILES string of the molecule is CC1(C)OC(=O)C2CNCC(C(=O)OCc3ccccc3)N21. The molecule has 0 bridgehead atoms. The van der Waals surface area contributed by atoms with Crippen molar-refractivity contribution in [2.45, 2.75) is 38.3 Å². The summed E-state index contributed by atoms with van der Waals surface area (Å²) in [7, 11) is 0. The van der Waals surface area contributed by atoms with E-state index in [9.17, 15) is 9.59 Å². The molecule has 118 valence electrons. The molecular weight excluding hydrogens is 284 g/mol. The zero-order valence-corrected chi connectivity index (χ0v) is 12.7. The highest BCUT2D eigenvalue weighted by Crippen LogP contribution is 2.32. The third-order valence-electron chi connectivity index (χ3n) is 4.09. The highest BCUT2D eigenvalue weighted by Gasteiger charge is 2.54. The van der Waals surface area contributed by atoms with Crippen LogP contribution in [0, 0.1) is 0 Å². The van der Waals surface area contributed by atoms with Crippen molar-refractivity contribution in [2.75, 3.05) is 13.1 Å². The first-order valence-electron chi connectivity index (χ1n) is 7.41. The summed E-state index contributed by atoms with van der Waals surface area (Å²) >= 11 is 0. The molecule has 0 saturated carbocycles. The van der Waals surface area contributed by atoms with E-state index in [-0.39, 0.29) is 18.5 Å². The molecule has 22 heavy (non-hydrogen) atoms. The first-order chi connectivity index (χ1) is 10.5. The smallest absolute Gasteiger partial charge is 0.326 e. The molecule has 0 amide bonds. The van der Waals surface area contributed by atoms with E-state index in [1.807, 2.05) is 35.2 Å². The van der Waals surface area contributed by atoms with Gasteiger partial charge in [0.25, 0.3) is 0 Å². The molecule has 6 nitrogen and oxygen atoms in total. The Labute approximate surface area is 129 Å². The highest BCUT2D eigenvalue weighted by molar-refractivity contribution is 5.83. The number of nitrogens with zero attached hydrogens (tertiary/aromatic N) is 1. The minimum atomic E-state index is -0.791. The largest absolute Gasteiger partial charge is 0.460 e. The van der Waals surface area contributed by atoms with Crippen molar-refractivity contribution in [3.05, 3.63) is 35.9 Å². The molecule has 2 aliphatic rings. The number of cyclic esters (lactones) is 1. The number of hydrogen-bond donors (Lipinski definition) is 1. The molecule has 1 aromatic carbocycles. The summed E-state index contributed by atoms with van der Waals surface area (Å²) in [4.78, 5) is 26.2. The maximum Gasteiger partial charge on any atom is 0.326 e. The third kappa shape index (κ3) is 2.71. The molecule has 0 radical (unpaired) electrons. The van der Waals surface area contributed by atoms with E-state index >= 15 is 0 Å². The lowest BCUT2D eigenvalue weighted by molar-refractivity contribution is -0.163. The number of carbonyl (C=O) groups excluding carboxylic acids is 2. The lowest BCUT2D eigenvalue weighted by atomic mass is 10.1. The van der Waals surface area contributed by atoms with Gasteiger partial charge in [-0.1, -0.05) is 30.3 Å². The molecule has 0 aliphatic carbocycles. The summed E-state index contributed by atoms with van der Waals surface area (Å²) in [5, 5.41) is 3.11. The molecular formula is C16H20N2O4. The lowest BCUT2D eigenvalue weighted by Gasteiger charge is -2.40. The molecule has 2 unspecified atom stereocenters. The van der Waals surface area contributed by atoms with Gasteiger partial charge in [0.2, 0.25) is 0 Å². The van der Waals surface area contributed by atoms with Crippen LogP contribution in [0.2, 0.25) is 0 Å². The van der Waals surface area contributed by atoms with E-state index in [0.29, 0.717) is 13.1 Å². The summed E-state index contributed by atoms with van der Waals surface area (Å²) in [5.41, 5.74) is 0.143. The molecule has 2 fully saturated rings. The fraction of sp³-hybridized carbons (Fsp3) is 0.500. The number of ether oxygens (including phenoxy) is 2. The van der Waals surface area contributed by atoms with Gasteiger partial charge in [-0.15, -0.1) is 0 Å². The first-order valence-corrected chi connectivity index (χ1v) is 7.41. The minimum Gasteiger partial charge on any atom is -0.460 e. The number of rotatable bonds is 3. The Kier molecular flexibility index (Phi) is 3.88. The Balaban J connectivity index is 1.70. The van der Waals surface area contributed by atoms with E-state index in [4.69, 9.17) is 9.47 Å². The quantitative estimate of drug-likeness (QED) is 0.828. The Morgan fingerprint density at radius 2 is 2.09 bits per heavy atom. The number of carbonyl (C=O) groups is 2. The number of piperazine rings is 1. The van der Waals surface area contributed by atoms with Gasteiger partial charge >= 0.3 is 11.9 Å². The van der Waals surface area contributed by atoms with E-state index in [0.717, 1.165) is 5.56 Å². The summed E-state index contributed by atoms with van der Waals surface area (Å²) in [6.07, 6.45) is 0. The first kappa shape index (κ1) is 15.0. The Morgan fingerprint density at radius 3 is 2.82 bits per heavy atom. The van der Waals surface area contributed by atoms with Gasteiger partial charge in [-0.2, -0.15) is 0 Å². The number of hydrogen-bond acceptors (Lipinski definition) is 6. The fourth-order valence-corrected chi connectivity index (χ4v) is 3.11. The second-order valence-electron chi connectivity index (χ2n) is 6.06. The number of esters is 2. The Bertz CT molecular complexity index is 573. The van der Waals surface area contributed by atoms with Gasteiger partial charge in [0, 0.05) is 13.1 Å². The number of benzene rings is 1. The summed E-state index contributed by atoms with van der Waals surface area (Å²) in [5.74, 6) is -0.634. The van der Waals surface area contributed by atoms with Gasteiger partial charge in [-0.25, -0.2) is 4.90 Å². The van der Waals surface area contributed by atoms with Crippen molar-refractivity contribution in [3.8, 4) is 0 Å². The van der Waals surface area contributed by atoms with Gasteiger partial charge in [0.1, 0.15) is 18.7 Å². The summed E-state index contributed by atoms with van der Waals surface area (Å²) in [6.45, 7) is 4.76. The second-order valence-corrected chi connectivity index (χ2v) is 6.06. The Hall–Kier alpha value is -1.92. The Morgan fingerprint density at radius 1 is 1.36 bits per heavy atom. The van der Waals surface area contributed by atoms with Crippen LogP contribution in [0.1, 0.15) is 19.4 Å². The maximum absolute atomic E-state index is 12.4. The molecule has 2 heterocycles. The van der Waals surface area contributed by atoms with Crippen molar-refractivity contribution in [1.82, 2.24) is 10.2 Å². The van der Waals surface area contributed by atoms with Crippen molar-refractivity contribution >= 4 is 11.9 Å². The summed E-state index contributed by atoms with van der Waals surface area (Å²) in [6, 6.07) is 8.57. The van der Waals surface area contributed by atoms with Crippen LogP contribution in [0.4, 0.5) is 0 Å². The number of fused-ring (bicyclic) bond motifs is 1. The zero-order valence-electron chi connectivity index (χ0n) is 12.7. The van der Waals surface area contributed by atoms with Gasteiger partial charge in [-0.05, 0) is 19.4 Å². The monoisotopic (exact) mass is 304 g/mol. The molecule has 2 aliphatic heterocycles. The van der Waals surface area contributed by atoms with Crippen LogP contribution in [0.15, 0.2) is 30.3 Å². The fourth-order valence-electron chi connectivity index (χ4n) is 3.11. The predicted molar refractivity (Wildman–Crippen MR) is 78.7 cm³/mol. The van der Waals surface area contributed by atoms with Crippen molar-refractivity contribution < 1.29 is 19.1 Å². The van der Waals surface area contributed by atoms with Crippen molar-refractivity contribution in [2.24, 2.45) is 0 Å². The van der Waals surface area contributed by atoms with Crippen LogP contribution < -0.4 is 5.32 Å². The van der Waals surface area contributed by atoms with Crippen LogP contribution in [-0.2, 0) is 25.7 Å². The van der Waals surface area contributed by atoms with Crippen molar-refractivity contribution in [3.63, 3.8) is 0 Å². The summed E-state index contributed by atoms with van der Waals surface area (Å²) < 4.78 is 10.8. The standard InChI is InChI=1S/C16H20N2O4/c1-16(2)18-12(8-17-9-13(18)15(20)22-16)14(19)21-10-11-6-4-3-5-7-11/h3-7,12-13,17H,8-10H2,1-2H3. The van der Waals surface area contributed by atoms with Crippen LogP contribution in [0.3, 0.4) is 0 Å². The molecule has 2 saturated heterocycles. The van der Waals surface area contributed by atoms with Crippen LogP contribution in [-0.4, -0.2) is 47.7 Å². The molecule has 6 heteroatoms. The van der Waals surface area contributed by atoms with Gasteiger partial charge in [0.05, 0.1) is 0 Å². The van der Waals surface area contributed by atoms with Crippen LogP contribution >= 0.6 is 0 Å². The van der Waals surface area contributed by atoms with Gasteiger partial charge in [0.15, 0.2) is 5.72 Å². The van der Waals surface area contributed by atoms with Crippen LogP contribution in [0.5, 0.6) is 0 Å². The topological polar surface area (TPSA) is 67.9 Å². The number of nitrogens with one attached hydrogen (secondary N) is 1. The molecule has 0 aromatic heterocycles. The molecule has 3 rings (SSSR count). The van der Waals surface area contributed by atoms with Gasteiger partial charge < -0.3 is 14.8 Å². The van der Waals surface area contributed by atoms with E-state index in [2.05, 4.69) is 5.32 Å². The van der Waals surface area contributed by atoms with E-state index in [1.54, 1.807) is 13.8 Å². The van der Waals surface area contributed by atoms with Crippen LogP contribution in [0.25, 0.3) is 0 Å². The predicted octanol–water partition coefficient (Wildman–Crippen LogP) is 0.665. The average molecular weight is 304 g/mol. The lowest BCUT2D eigenvalue weighted by Crippen LogP contribution is -2.63. The molecule has 0 spiro atoms. The van der Waals surface area contributed by atoms with Crippen molar-refractivity contribution in [1.29, 1.82) is 0 Å². The van der Waals surface area contributed by atoms with Gasteiger partial charge in [-0.3, -0.25) is 9.59 Å². The average Bonchev–Trinajstić information content (AvgIpc) is 2.76. The highest BCUT2D eigenvalue weighted by atomic mass is 16.6. The third-order valence-corrected chi connectivity index (χ3v) is 4.09. The molecule has 2 atom stereocenters.